The summed E-state index contributed by atoms with van der Waals surface area (Å²) in [6.07, 6.45) is -3.83. The molecule has 0 atom stereocenters. The Morgan fingerprint density at radius 1 is 1.08 bits per heavy atom. The van der Waals surface area contributed by atoms with Gasteiger partial charge in [-0.2, -0.15) is 0 Å². The van der Waals surface area contributed by atoms with Gasteiger partial charge < -0.3 is 14.8 Å². The normalized spacial score (nSPS) is 17.1. The van der Waals surface area contributed by atoms with Crippen LogP contribution < -0.4 is 15.4 Å². The highest BCUT2D eigenvalue weighted by atomic mass is 32.1. The summed E-state index contributed by atoms with van der Waals surface area (Å²) in [4.78, 5) is 28.1. The number of rotatable bonds is 7. The van der Waals surface area contributed by atoms with Gasteiger partial charge in [0.1, 0.15) is 10.5 Å². The minimum absolute atomic E-state index is 0.0127. The molecule has 5 rings (SSSR count). The van der Waals surface area contributed by atoms with E-state index in [0.717, 1.165) is 34.6 Å². The number of hydrogen-bond acceptors (Lipinski definition) is 8. The molecule has 1 saturated carbocycles. The third-order valence-corrected chi connectivity index (χ3v) is 7.37. The first kappa shape index (κ1) is 26.1. The van der Waals surface area contributed by atoms with Crippen molar-refractivity contribution in [1.29, 1.82) is 0 Å². The molecule has 0 radical (unpaired) electrons. The second-order valence-corrected chi connectivity index (χ2v) is 10.0. The molecule has 3 aromatic rings. The van der Waals surface area contributed by atoms with E-state index < -0.39 is 29.5 Å². The smallest absolute Gasteiger partial charge is 0.404 e. The lowest BCUT2D eigenvalue weighted by Gasteiger charge is -2.34. The highest BCUT2D eigenvalue weighted by Crippen LogP contribution is 2.44. The van der Waals surface area contributed by atoms with E-state index in [9.17, 15) is 22.8 Å². The summed E-state index contributed by atoms with van der Waals surface area (Å²) in [5.74, 6) is -1.69. The zero-order chi connectivity index (χ0) is 26.9. The Morgan fingerprint density at radius 3 is 2.50 bits per heavy atom. The Labute approximate surface area is 220 Å². The number of carbonyl (C=O) groups excluding carboxylic acids is 2. The molecule has 0 unspecified atom stereocenters. The van der Waals surface area contributed by atoms with Gasteiger partial charge in [0, 0.05) is 24.2 Å². The predicted octanol–water partition coefficient (Wildman–Crippen LogP) is 4.47. The Bertz CT molecular complexity index is 1350. The van der Waals surface area contributed by atoms with E-state index >= 15 is 0 Å². The number of nitrogens with zero attached hydrogens (tertiary/aromatic N) is 3. The van der Waals surface area contributed by atoms with Crippen LogP contribution in [0.25, 0.3) is 10.6 Å². The summed E-state index contributed by atoms with van der Waals surface area (Å²) in [5.41, 5.74) is 0.818. The number of hydrogen-bond donors (Lipinski definition) is 2. The quantitative estimate of drug-likeness (QED) is 0.450. The average molecular weight is 548 g/mol. The van der Waals surface area contributed by atoms with Crippen molar-refractivity contribution in [2.45, 2.75) is 31.7 Å². The summed E-state index contributed by atoms with van der Waals surface area (Å²) >= 11 is 1.16. The van der Waals surface area contributed by atoms with Gasteiger partial charge in [-0.25, -0.2) is 0 Å². The molecular formula is C25H24F3N5O4S. The summed E-state index contributed by atoms with van der Waals surface area (Å²) in [5, 5.41) is 14.1. The monoisotopic (exact) mass is 547 g/mol. The first-order chi connectivity index (χ1) is 18.1. The molecule has 2 N–H and O–H groups in total. The van der Waals surface area contributed by atoms with Crippen molar-refractivity contribution >= 4 is 34.0 Å². The fourth-order valence-electron chi connectivity index (χ4n) is 4.38. The van der Waals surface area contributed by atoms with Gasteiger partial charge in [0.15, 0.2) is 5.75 Å². The van der Waals surface area contributed by atoms with Gasteiger partial charge >= 0.3 is 6.36 Å². The fraction of sp³-hybridized carbons (Fsp3) is 0.360. The summed E-state index contributed by atoms with van der Waals surface area (Å²) in [6.45, 7) is 3.98. The van der Waals surface area contributed by atoms with Crippen molar-refractivity contribution in [3.63, 3.8) is 0 Å². The van der Waals surface area contributed by atoms with Crippen LogP contribution in [0.3, 0.4) is 0 Å². The van der Waals surface area contributed by atoms with Crippen LogP contribution in [0.2, 0.25) is 0 Å². The van der Waals surface area contributed by atoms with E-state index in [1.807, 2.05) is 36.1 Å². The van der Waals surface area contributed by atoms with Crippen molar-refractivity contribution in [3.8, 4) is 16.3 Å². The number of carbonyl (C=O) groups is 2. The third-order valence-electron chi connectivity index (χ3n) is 6.50. The molecule has 2 fully saturated rings. The van der Waals surface area contributed by atoms with E-state index in [1.54, 1.807) is 0 Å². The maximum absolute atomic E-state index is 13.2. The molecule has 1 aliphatic heterocycles. The third kappa shape index (κ3) is 5.64. The van der Waals surface area contributed by atoms with Crippen LogP contribution in [-0.2, 0) is 9.53 Å². The molecule has 13 heteroatoms. The number of alkyl halides is 3. The summed E-state index contributed by atoms with van der Waals surface area (Å²) in [7, 11) is 0. The van der Waals surface area contributed by atoms with Gasteiger partial charge in [0.2, 0.25) is 11.0 Å². The molecule has 38 heavy (non-hydrogen) atoms. The predicted molar refractivity (Wildman–Crippen MR) is 134 cm³/mol. The first-order valence-electron chi connectivity index (χ1n) is 11.9. The number of amides is 2. The number of nitrogens with one attached hydrogen (secondary N) is 2. The minimum atomic E-state index is -4.98. The SMILES string of the molecule is Cc1ccccc1-c1nnc(NC(=O)c2ccc(OC(F)(F)F)c(NC(=O)C3(N4CCOCC4)CC3)c2)s1. The molecule has 1 saturated heterocycles. The van der Waals surface area contributed by atoms with Crippen molar-refractivity contribution in [2.24, 2.45) is 0 Å². The van der Waals surface area contributed by atoms with Crippen LogP contribution in [0, 0.1) is 6.92 Å². The molecule has 1 aromatic heterocycles. The van der Waals surface area contributed by atoms with Crippen molar-refractivity contribution in [2.75, 3.05) is 36.9 Å². The van der Waals surface area contributed by atoms with Gasteiger partial charge in [-0.05, 0) is 43.5 Å². The zero-order valence-electron chi connectivity index (χ0n) is 20.3. The highest BCUT2D eigenvalue weighted by molar-refractivity contribution is 7.18. The van der Waals surface area contributed by atoms with Crippen LogP contribution >= 0.6 is 11.3 Å². The number of aryl methyl sites for hydroxylation is 1. The van der Waals surface area contributed by atoms with E-state index in [0.29, 0.717) is 44.2 Å². The lowest BCUT2D eigenvalue weighted by molar-refractivity contribution is -0.274. The number of benzene rings is 2. The van der Waals surface area contributed by atoms with Crippen LogP contribution in [0.5, 0.6) is 5.75 Å². The molecular weight excluding hydrogens is 523 g/mol. The van der Waals surface area contributed by atoms with Crippen molar-refractivity contribution in [3.05, 3.63) is 53.6 Å². The largest absolute Gasteiger partial charge is 0.573 e. The zero-order valence-corrected chi connectivity index (χ0v) is 21.1. The maximum atomic E-state index is 13.2. The van der Waals surface area contributed by atoms with Gasteiger partial charge in [-0.3, -0.25) is 19.8 Å². The lowest BCUT2D eigenvalue weighted by Crippen LogP contribution is -2.51. The van der Waals surface area contributed by atoms with Gasteiger partial charge in [0.05, 0.1) is 18.9 Å². The second kappa shape index (κ2) is 10.3. The van der Waals surface area contributed by atoms with E-state index in [-0.39, 0.29) is 16.4 Å². The van der Waals surface area contributed by atoms with Crippen LogP contribution in [-0.4, -0.2) is 65.1 Å². The molecule has 2 amide bonds. The van der Waals surface area contributed by atoms with Crippen molar-refractivity contribution < 1.29 is 32.2 Å². The van der Waals surface area contributed by atoms with Gasteiger partial charge in [-0.1, -0.05) is 35.6 Å². The number of anilines is 2. The van der Waals surface area contributed by atoms with Gasteiger partial charge in [0.25, 0.3) is 5.91 Å². The molecule has 0 spiro atoms. The second-order valence-electron chi connectivity index (χ2n) is 9.03. The molecule has 0 bridgehead atoms. The van der Waals surface area contributed by atoms with Crippen LogP contribution in [0.15, 0.2) is 42.5 Å². The number of ether oxygens (including phenoxy) is 2. The summed E-state index contributed by atoms with van der Waals surface area (Å²) in [6, 6.07) is 10.9. The van der Waals surface area contributed by atoms with E-state index in [2.05, 4.69) is 25.6 Å². The minimum Gasteiger partial charge on any atom is -0.404 e. The standard InChI is InChI=1S/C25H24F3N5O4S/c1-15-4-2-3-5-17(15)21-31-32-23(38-21)30-20(34)16-6-7-19(37-25(26,27)28)18(14-16)29-22(35)24(8-9-24)33-10-12-36-13-11-33/h2-7,14H,8-13H2,1H3,(H,29,35)(H,30,32,34). The Balaban J connectivity index is 1.36. The highest BCUT2D eigenvalue weighted by Gasteiger charge is 2.54. The maximum Gasteiger partial charge on any atom is 0.573 e. The Kier molecular flexibility index (Phi) is 7.07. The molecule has 2 aromatic carbocycles. The Hall–Kier alpha value is -3.55. The summed E-state index contributed by atoms with van der Waals surface area (Å²) < 4.78 is 48.7. The molecule has 9 nitrogen and oxygen atoms in total. The number of morpholine rings is 1. The topological polar surface area (TPSA) is 106 Å². The van der Waals surface area contributed by atoms with Gasteiger partial charge in [-0.15, -0.1) is 23.4 Å². The fourth-order valence-corrected chi connectivity index (χ4v) is 5.21. The van der Waals surface area contributed by atoms with E-state index in [1.165, 1.54) is 6.07 Å². The molecule has 1 aliphatic carbocycles. The average Bonchev–Trinajstić information content (AvgIpc) is 3.58. The number of aromatic nitrogens is 2. The van der Waals surface area contributed by atoms with Crippen LogP contribution in [0.1, 0.15) is 28.8 Å². The molecule has 200 valence electrons. The lowest BCUT2D eigenvalue weighted by atomic mass is 10.1. The van der Waals surface area contributed by atoms with E-state index in [4.69, 9.17) is 4.74 Å². The molecule has 2 aliphatic rings. The van der Waals surface area contributed by atoms with Crippen molar-refractivity contribution in [1.82, 2.24) is 15.1 Å². The van der Waals surface area contributed by atoms with Crippen LogP contribution in [0.4, 0.5) is 24.0 Å². The Morgan fingerprint density at radius 2 is 1.82 bits per heavy atom. The first-order valence-corrected chi connectivity index (χ1v) is 12.7. The molecule has 2 heterocycles. The number of halogens is 3.